The van der Waals surface area contributed by atoms with Gasteiger partial charge in [-0.3, -0.25) is 4.79 Å². The molecule has 0 heterocycles. The van der Waals surface area contributed by atoms with Gasteiger partial charge in [0, 0.05) is 13.6 Å². The number of benzene rings is 1. The van der Waals surface area contributed by atoms with Crippen LogP contribution in [0.15, 0.2) is 35.5 Å². The lowest BCUT2D eigenvalue weighted by molar-refractivity contribution is -0.133. The third-order valence-corrected chi connectivity index (χ3v) is 3.68. The van der Waals surface area contributed by atoms with Gasteiger partial charge in [-0.15, -0.1) is 0 Å². The zero-order chi connectivity index (χ0) is 13.9. The molecule has 19 heavy (non-hydrogen) atoms. The van der Waals surface area contributed by atoms with E-state index in [9.17, 15) is 4.79 Å². The summed E-state index contributed by atoms with van der Waals surface area (Å²) in [6.07, 6.45) is 2.13. The van der Waals surface area contributed by atoms with Crippen molar-refractivity contribution in [2.75, 3.05) is 13.6 Å². The number of amides is 1. The highest BCUT2D eigenvalue weighted by molar-refractivity contribution is 6.09. The van der Waals surface area contributed by atoms with Gasteiger partial charge in [-0.2, -0.15) is 0 Å². The Morgan fingerprint density at radius 3 is 2.58 bits per heavy atom. The summed E-state index contributed by atoms with van der Waals surface area (Å²) in [4.78, 5) is 14.0. The van der Waals surface area contributed by atoms with Gasteiger partial charge < -0.3 is 15.8 Å². The quantitative estimate of drug-likeness (QED) is 0.362. The van der Waals surface area contributed by atoms with Gasteiger partial charge in [0.05, 0.1) is 0 Å². The summed E-state index contributed by atoms with van der Waals surface area (Å²) in [7, 11) is 1.76. The molecular formula is C14H19N3O2. The lowest BCUT2D eigenvalue weighted by Gasteiger charge is -2.22. The summed E-state index contributed by atoms with van der Waals surface area (Å²) in [5.74, 6) is -0.0252. The van der Waals surface area contributed by atoms with E-state index in [1.165, 1.54) is 5.56 Å². The fourth-order valence-corrected chi connectivity index (χ4v) is 2.21. The lowest BCUT2D eigenvalue weighted by atomic mass is 10.0. The molecule has 0 bridgehead atoms. The van der Waals surface area contributed by atoms with Gasteiger partial charge in [-0.25, -0.2) is 0 Å². The normalized spacial score (nSPS) is 17.0. The zero-order valence-corrected chi connectivity index (χ0v) is 11.0. The predicted octanol–water partition coefficient (Wildman–Crippen LogP) is 1.21. The monoisotopic (exact) mass is 261 g/mol. The molecule has 102 valence electrons. The smallest absolute Gasteiger partial charge is 0.236 e. The van der Waals surface area contributed by atoms with Gasteiger partial charge in [0.25, 0.3) is 0 Å². The average Bonchev–Trinajstić information content (AvgIpc) is 3.25. The Morgan fingerprint density at radius 2 is 2.05 bits per heavy atom. The van der Waals surface area contributed by atoms with Crippen LogP contribution >= 0.6 is 0 Å². The Morgan fingerprint density at radius 1 is 1.42 bits per heavy atom. The van der Waals surface area contributed by atoms with Gasteiger partial charge >= 0.3 is 0 Å². The summed E-state index contributed by atoms with van der Waals surface area (Å²) in [6.45, 7) is 0.628. The highest BCUT2D eigenvalue weighted by Gasteiger charge is 2.55. The fourth-order valence-electron chi connectivity index (χ4n) is 2.21. The van der Waals surface area contributed by atoms with Crippen LogP contribution in [0.4, 0.5) is 0 Å². The maximum absolute atomic E-state index is 12.3. The molecule has 1 aromatic carbocycles. The summed E-state index contributed by atoms with van der Waals surface area (Å²) in [5.41, 5.74) is 6.05. The molecule has 5 nitrogen and oxygen atoms in total. The van der Waals surface area contributed by atoms with Crippen molar-refractivity contribution in [1.29, 1.82) is 0 Å². The number of oxime groups is 1. The van der Waals surface area contributed by atoms with Crippen LogP contribution in [0.25, 0.3) is 0 Å². The first-order chi connectivity index (χ1) is 9.10. The minimum Gasteiger partial charge on any atom is -0.409 e. The van der Waals surface area contributed by atoms with Crippen molar-refractivity contribution in [3.63, 3.8) is 0 Å². The van der Waals surface area contributed by atoms with Crippen LogP contribution in [0.5, 0.6) is 0 Å². The van der Waals surface area contributed by atoms with Crippen LogP contribution in [0.3, 0.4) is 0 Å². The molecule has 0 aliphatic heterocycles. The number of carbonyl (C=O) groups excluding carboxylic acids is 1. The zero-order valence-electron chi connectivity index (χ0n) is 11.0. The Hall–Kier alpha value is -2.04. The molecule has 1 aliphatic carbocycles. The van der Waals surface area contributed by atoms with E-state index in [1.807, 2.05) is 30.3 Å². The van der Waals surface area contributed by atoms with E-state index in [2.05, 4.69) is 5.16 Å². The first-order valence-electron chi connectivity index (χ1n) is 6.37. The van der Waals surface area contributed by atoms with E-state index >= 15 is 0 Å². The van der Waals surface area contributed by atoms with Crippen LogP contribution < -0.4 is 5.73 Å². The van der Waals surface area contributed by atoms with E-state index in [0.717, 1.165) is 6.42 Å². The summed E-state index contributed by atoms with van der Waals surface area (Å²) in [6, 6.07) is 10.0. The number of nitrogens with zero attached hydrogens (tertiary/aromatic N) is 2. The summed E-state index contributed by atoms with van der Waals surface area (Å²) >= 11 is 0. The van der Waals surface area contributed by atoms with Crippen LogP contribution in [-0.4, -0.2) is 35.4 Å². The minimum atomic E-state index is -0.750. The number of likely N-dealkylation sites (N-methyl/N-ethyl adjacent to an activating group) is 1. The molecule has 2 rings (SSSR count). The first kappa shape index (κ1) is 13.4. The molecule has 1 fully saturated rings. The number of rotatable bonds is 5. The Kier molecular flexibility index (Phi) is 3.74. The van der Waals surface area contributed by atoms with Gasteiger partial charge in [-0.05, 0) is 24.8 Å². The summed E-state index contributed by atoms with van der Waals surface area (Å²) < 4.78 is 0. The average molecular weight is 261 g/mol. The molecule has 0 atom stereocenters. The van der Waals surface area contributed by atoms with Crippen molar-refractivity contribution < 1.29 is 10.0 Å². The molecular weight excluding hydrogens is 242 g/mol. The minimum absolute atomic E-state index is 0.0315. The predicted molar refractivity (Wildman–Crippen MR) is 72.9 cm³/mol. The molecule has 1 saturated carbocycles. The van der Waals surface area contributed by atoms with Crippen molar-refractivity contribution >= 4 is 11.7 Å². The Labute approximate surface area is 112 Å². The number of amidine groups is 1. The second kappa shape index (κ2) is 5.30. The maximum atomic E-state index is 12.3. The standard InChI is InChI=1S/C14H19N3O2/c1-17(10-7-11-5-3-2-4-6-11)13(18)14(8-9-14)12(15)16-19/h2-6,19H,7-10H2,1H3,(H2,15,16). The number of carbonyl (C=O) groups is 1. The summed E-state index contributed by atoms with van der Waals surface area (Å²) in [5, 5.41) is 11.7. The van der Waals surface area contributed by atoms with Crippen LogP contribution in [0.2, 0.25) is 0 Å². The molecule has 3 N–H and O–H groups in total. The molecule has 1 amide bonds. The SMILES string of the molecule is CN(CCc1ccccc1)C(=O)C1(/C(N)=N/O)CC1. The first-order valence-corrected chi connectivity index (χ1v) is 6.37. The van der Waals surface area contributed by atoms with E-state index in [4.69, 9.17) is 10.9 Å². The van der Waals surface area contributed by atoms with E-state index in [0.29, 0.717) is 19.4 Å². The maximum Gasteiger partial charge on any atom is 0.236 e. The second-order valence-electron chi connectivity index (χ2n) is 5.03. The van der Waals surface area contributed by atoms with Gasteiger partial charge in [0.2, 0.25) is 5.91 Å². The fraction of sp³-hybridized carbons (Fsp3) is 0.429. The number of hydrogen-bond acceptors (Lipinski definition) is 3. The number of hydrogen-bond donors (Lipinski definition) is 2. The highest BCUT2D eigenvalue weighted by atomic mass is 16.4. The van der Waals surface area contributed by atoms with Crippen LogP contribution in [0, 0.1) is 5.41 Å². The molecule has 0 aromatic heterocycles. The molecule has 0 unspecified atom stereocenters. The second-order valence-corrected chi connectivity index (χ2v) is 5.03. The third-order valence-electron chi connectivity index (χ3n) is 3.68. The largest absolute Gasteiger partial charge is 0.409 e. The van der Waals surface area contributed by atoms with E-state index < -0.39 is 5.41 Å². The third kappa shape index (κ3) is 2.70. The van der Waals surface area contributed by atoms with Gasteiger partial charge in [0.1, 0.15) is 5.41 Å². The molecule has 0 radical (unpaired) electrons. The lowest BCUT2D eigenvalue weighted by Crippen LogP contribution is -2.42. The van der Waals surface area contributed by atoms with Crippen molar-refractivity contribution in [3.8, 4) is 0 Å². The van der Waals surface area contributed by atoms with Gasteiger partial charge in [0.15, 0.2) is 5.84 Å². The van der Waals surface area contributed by atoms with Crippen molar-refractivity contribution in [2.24, 2.45) is 16.3 Å². The highest BCUT2D eigenvalue weighted by Crippen LogP contribution is 2.47. The van der Waals surface area contributed by atoms with Crippen LogP contribution in [0.1, 0.15) is 18.4 Å². The number of nitrogens with two attached hydrogens (primary N) is 1. The molecule has 0 spiro atoms. The Balaban J connectivity index is 1.94. The molecule has 0 saturated heterocycles. The van der Waals surface area contributed by atoms with Crippen molar-refractivity contribution in [2.45, 2.75) is 19.3 Å². The Bertz CT molecular complexity index is 481. The molecule has 1 aromatic rings. The molecule has 1 aliphatic rings. The molecule has 5 heteroatoms. The van der Waals surface area contributed by atoms with Crippen LogP contribution in [-0.2, 0) is 11.2 Å². The van der Waals surface area contributed by atoms with E-state index in [1.54, 1.807) is 11.9 Å². The topological polar surface area (TPSA) is 78.9 Å². The van der Waals surface area contributed by atoms with Gasteiger partial charge in [-0.1, -0.05) is 35.5 Å². The van der Waals surface area contributed by atoms with Crippen molar-refractivity contribution in [3.05, 3.63) is 35.9 Å². The van der Waals surface area contributed by atoms with E-state index in [-0.39, 0.29) is 11.7 Å². The van der Waals surface area contributed by atoms with Crippen molar-refractivity contribution in [1.82, 2.24) is 4.90 Å².